The zero-order chi connectivity index (χ0) is 30.9. The minimum Gasteiger partial charge on any atom is -0.508 e. The van der Waals surface area contributed by atoms with Crippen LogP contribution in [0.5, 0.6) is 11.8 Å². The zero-order valence-electron chi connectivity index (χ0n) is 24.5. The highest BCUT2D eigenvalue weighted by Gasteiger charge is 2.48. The van der Waals surface area contributed by atoms with Crippen LogP contribution in [-0.2, 0) is 0 Å². The van der Waals surface area contributed by atoms with Crippen molar-refractivity contribution < 1.29 is 23.0 Å². The van der Waals surface area contributed by atoms with Crippen molar-refractivity contribution in [3.63, 3.8) is 0 Å². The highest BCUT2D eigenvalue weighted by Crippen LogP contribution is 2.43. The van der Waals surface area contributed by atoms with Crippen molar-refractivity contribution in [1.82, 2.24) is 25.2 Å². The molecule has 2 N–H and O–H groups in total. The number of nitrogens with zero attached hydrogens (tertiary/aromatic N) is 5. The van der Waals surface area contributed by atoms with Crippen molar-refractivity contribution >= 4 is 27.5 Å². The van der Waals surface area contributed by atoms with Gasteiger partial charge in [0.1, 0.15) is 29.4 Å². The van der Waals surface area contributed by atoms with Crippen LogP contribution in [0, 0.1) is 18.2 Å². The number of fused-ring (bicyclic) bond motifs is 5. The fourth-order valence-corrected chi connectivity index (χ4v) is 7.87. The Labute approximate surface area is 257 Å². The van der Waals surface area contributed by atoms with Crippen LogP contribution >= 0.6 is 0 Å². The van der Waals surface area contributed by atoms with Crippen LogP contribution in [0.3, 0.4) is 0 Å². The van der Waals surface area contributed by atoms with Gasteiger partial charge in [-0.2, -0.15) is 18.7 Å². The largest absolute Gasteiger partial charge is 0.508 e. The number of nitrogens with one attached hydrogen (secondary N) is 1. The van der Waals surface area contributed by atoms with Crippen molar-refractivity contribution in [2.75, 3.05) is 37.7 Å². The molecule has 2 aromatic heterocycles. The number of terminal acetylenes is 1. The highest BCUT2D eigenvalue weighted by molar-refractivity contribution is 6.02. The van der Waals surface area contributed by atoms with Crippen molar-refractivity contribution in [2.45, 2.75) is 49.7 Å². The standard InChI is InChI=1S/C34H31F3N6O2/c1-2-19-5-3-6-20-11-24(44)12-25(27(19)20)29-28(35)30-26(14-38-29)32(42-16-22-7-8-23(17-42)39-22)41-33(40-30)45-18-34-9-4-10-43(34)15-21(13-34)31(36)37/h1,3,5-6,11-12,14,22-23,39,44H,4,7-10,13,15-18H2/t22-,23+,34?. The minimum atomic E-state index is -1.63. The summed E-state index contributed by atoms with van der Waals surface area (Å²) in [5, 5.41) is 15.8. The van der Waals surface area contributed by atoms with Gasteiger partial charge in [-0.15, -0.1) is 6.42 Å². The third-order valence-corrected chi connectivity index (χ3v) is 9.93. The van der Waals surface area contributed by atoms with E-state index in [1.807, 2.05) is 0 Å². The molecule has 2 aromatic carbocycles. The van der Waals surface area contributed by atoms with Crippen LogP contribution in [0.15, 0.2) is 48.2 Å². The molecule has 4 fully saturated rings. The van der Waals surface area contributed by atoms with E-state index in [0.29, 0.717) is 64.8 Å². The maximum Gasteiger partial charge on any atom is 0.319 e. The molecule has 0 aliphatic carbocycles. The number of aromatic nitrogens is 3. The summed E-state index contributed by atoms with van der Waals surface area (Å²) >= 11 is 0. The molecule has 2 bridgehead atoms. The quantitative estimate of drug-likeness (QED) is 0.291. The predicted octanol–water partition coefficient (Wildman–Crippen LogP) is 5.38. The molecular weight excluding hydrogens is 581 g/mol. The molecule has 6 heterocycles. The lowest BCUT2D eigenvalue weighted by atomic mass is 9.94. The first-order valence-corrected chi connectivity index (χ1v) is 15.3. The number of anilines is 1. The van der Waals surface area contributed by atoms with Crippen molar-refractivity contribution in [3.05, 3.63) is 59.6 Å². The lowest BCUT2D eigenvalue weighted by molar-refractivity contribution is 0.108. The molecule has 45 heavy (non-hydrogen) atoms. The predicted molar refractivity (Wildman–Crippen MR) is 165 cm³/mol. The first-order chi connectivity index (χ1) is 21.8. The smallest absolute Gasteiger partial charge is 0.319 e. The molecule has 4 aromatic rings. The summed E-state index contributed by atoms with van der Waals surface area (Å²) in [6.07, 6.45) is 9.67. The van der Waals surface area contributed by atoms with Crippen LogP contribution in [0.2, 0.25) is 0 Å². The Morgan fingerprint density at radius 1 is 1.18 bits per heavy atom. The number of phenols is 1. The van der Waals surface area contributed by atoms with Crippen molar-refractivity contribution in [2.24, 2.45) is 0 Å². The molecule has 0 saturated carbocycles. The van der Waals surface area contributed by atoms with Crippen molar-refractivity contribution in [1.29, 1.82) is 0 Å². The van der Waals surface area contributed by atoms with Gasteiger partial charge in [0.25, 0.3) is 6.08 Å². The summed E-state index contributed by atoms with van der Waals surface area (Å²) in [5.41, 5.74) is 0.484. The average molecular weight is 613 g/mol. The molecule has 4 saturated heterocycles. The number of halogens is 3. The Morgan fingerprint density at radius 3 is 2.78 bits per heavy atom. The summed E-state index contributed by atoms with van der Waals surface area (Å²) in [6.45, 7) is 2.43. The second-order valence-corrected chi connectivity index (χ2v) is 12.7. The van der Waals surface area contributed by atoms with E-state index >= 15 is 4.39 Å². The fourth-order valence-electron chi connectivity index (χ4n) is 7.87. The van der Waals surface area contributed by atoms with Crippen LogP contribution in [0.25, 0.3) is 32.9 Å². The molecule has 3 atom stereocenters. The van der Waals surface area contributed by atoms with Gasteiger partial charge in [0.2, 0.25) is 0 Å². The number of phenolic OH excluding ortho intramolecular Hbond substituents is 1. The number of ether oxygens (including phenoxy) is 1. The minimum absolute atomic E-state index is 0.00775. The normalized spacial score (nSPS) is 24.4. The molecule has 0 radical (unpaired) electrons. The van der Waals surface area contributed by atoms with Crippen molar-refractivity contribution in [3.8, 4) is 35.4 Å². The topological polar surface area (TPSA) is 86.6 Å². The summed E-state index contributed by atoms with van der Waals surface area (Å²) in [4.78, 5) is 18.1. The van der Waals surface area contributed by atoms with Gasteiger partial charge < -0.3 is 20.1 Å². The molecule has 1 unspecified atom stereocenters. The van der Waals surface area contributed by atoms with Gasteiger partial charge in [0.15, 0.2) is 5.82 Å². The van der Waals surface area contributed by atoms with E-state index in [0.717, 1.165) is 25.7 Å². The molecule has 8 rings (SSSR count). The van der Waals surface area contributed by atoms with Gasteiger partial charge in [-0.05, 0) is 62.2 Å². The van der Waals surface area contributed by atoms with Gasteiger partial charge in [0.05, 0.1) is 10.9 Å². The molecule has 4 aliphatic heterocycles. The lowest BCUT2D eigenvalue weighted by Crippen LogP contribution is -2.51. The van der Waals surface area contributed by atoms with Gasteiger partial charge in [-0.25, -0.2) is 4.39 Å². The van der Waals surface area contributed by atoms with Gasteiger partial charge in [-0.3, -0.25) is 9.88 Å². The Morgan fingerprint density at radius 2 is 2.00 bits per heavy atom. The van der Waals surface area contributed by atoms with E-state index in [1.165, 1.54) is 6.07 Å². The number of piperazine rings is 1. The average Bonchev–Trinajstić information content (AvgIpc) is 3.70. The third-order valence-electron chi connectivity index (χ3n) is 9.93. The van der Waals surface area contributed by atoms with Crippen LogP contribution in [-0.4, -0.2) is 75.4 Å². The summed E-state index contributed by atoms with van der Waals surface area (Å²) in [6, 6.07) is 8.95. The molecular formula is C34H31F3N6O2. The highest BCUT2D eigenvalue weighted by atomic mass is 19.3. The lowest BCUT2D eigenvalue weighted by Gasteiger charge is -2.34. The Kier molecular flexibility index (Phi) is 6.62. The van der Waals surface area contributed by atoms with E-state index in [1.54, 1.807) is 30.5 Å². The van der Waals surface area contributed by atoms with Gasteiger partial charge in [-0.1, -0.05) is 18.1 Å². The summed E-state index contributed by atoms with van der Waals surface area (Å²) < 4.78 is 50.2. The number of hydrogen-bond acceptors (Lipinski definition) is 8. The molecule has 0 amide bonds. The van der Waals surface area contributed by atoms with Gasteiger partial charge in [0, 0.05) is 60.0 Å². The zero-order valence-corrected chi connectivity index (χ0v) is 24.5. The number of pyridine rings is 1. The molecule has 8 nitrogen and oxygen atoms in total. The monoisotopic (exact) mass is 612 g/mol. The van der Waals surface area contributed by atoms with E-state index in [9.17, 15) is 13.9 Å². The first kappa shape index (κ1) is 28.1. The van der Waals surface area contributed by atoms with E-state index in [2.05, 4.69) is 31.0 Å². The van der Waals surface area contributed by atoms with Crippen LogP contribution in [0.1, 0.15) is 37.7 Å². The Balaban J connectivity index is 1.25. The number of benzene rings is 2. The number of aromatic hydroxyl groups is 1. The Hall–Kier alpha value is -4.40. The second-order valence-electron chi connectivity index (χ2n) is 12.7. The van der Waals surface area contributed by atoms with Crippen LogP contribution < -0.4 is 15.0 Å². The Bertz CT molecular complexity index is 1930. The third kappa shape index (κ3) is 4.66. The second kappa shape index (κ2) is 10.6. The first-order valence-electron chi connectivity index (χ1n) is 15.3. The van der Waals surface area contributed by atoms with E-state index in [-0.39, 0.29) is 48.1 Å². The molecule has 230 valence electrons. The maximum absolute atomic E-state index is 16.8. The number of rotatable bonds is 5. The maximum atomic E-state index is 16.8. The van der Waals surface area contributed by atoms with Crippen LogP contribution in [0.4, 0.5) is 19.0 Å². The molecule has 11 heteroatoms. The van der Waals surface area contributed by atoms with E-state index in [4.69, 9.17) is 16.1 Å². The molecule has 0 spiro atoms. The SMILES string of the molecule is C#Cc1cccc2cc(O)cc(-c3ncc4c(N5C[C@H]6CC[C@@H](C5)N6)nc(OCC56CCCN5CC(=C(F)F)C6)nc4c3F)c12. The molecule has 4 aliphatic rings. The van der Waals surface area contributed by atoms with E-state index < -0.39 is 17.4 Å². The number of hydrogen-bond donors (Lipinski definition) is 2. The summed E-state index contributed by atoms with van der Waals surface area (Å²) in [5.74, 6) is 2.45. The summed E-state index contributed by atoms with van der Waals surface area (Å²) in [7, 11) is 0. The van der Waals surface area contributed by atoms with Gasteiger partial charge >= 0.3 is 6.01 Å². The fraction of sp³-hybridized carbons (Fsp3) is 0.382.